The fourth-order valence-corrected chi connectivity index (χ4v) is 4.87. The summed E-state index contributed by atoms with van der Waals surface area (Å²) in [7, 11) is 1.97. The van der Waals surface area contributed by atoms with Gasteiger partial charge in [-0.15, -0.1) is 0 Å². The van der Waals surface area contributed by atoms with Gasteiger partial charge in [-0.1, -0.05) is 31.9 Å². The van der Waals surface area contributed by atoms with E-state index < -0.39 is 35.0 Å². The number of anilines is 1. The average molecular weight is 604 g/mol. The molecule has 0 bridgehead atoms. The van der Waals surface area contributed by atoms with Gasteiger partial charge in [-0.2, -0.15) is 8.78 Å². The van der Waals surface area contributed by atoms with Gasteiger partial charge in [-0.25, -0.2) is 18.7 Å². The molecule has 0 aliphatic carbocycles. The van der Waals surface area contributed by atoms with Gasteiger partial charge in [0.1, 0.15) is 22.7 Å². The summed E-state index contributed by atoms with van der Waals surface area (Å²) in [4.78, 5) is 26.8. The number of fused-ring (bicyclic) bond motifs is 3. The molecule has 4 aromatic rings. The first-order valence-corrected chi connectivity index (χ1v) is 14.5. The zero-order valence-electron chi connectivity index (χ0n) is 24.5. The van der Waals surface area contributed by atoms with Crippen LogP contribution in [0, 0.1) is 23.3 Å². The highest BCUT2D eigenvalue weighted by molar-refractivity contribution is 6.07. The number of unbranched alkanes of at least 4 members (excludes halogenated alkanes) is 3. The Labute approximate surface area is 247 Å². The SMILES string of the molecule is CCCCc1nc2c([nH]1)c(N)nc1cccc(CCCCCN(C)CCOCCC(=O)Oc3c(F)c(F)cc(F)c3F)c12. The fourth-order valence-electron chi connectivity index (χ4n) is 4.87. The molecule has 0 aliphatic heterocycles. The summed E-state index contributed by atoms with van der Waals surface area (Å²) < 4.78 is 63.6. The van der Waals surface area contributed by atoms with Crippen LogP contribution in [0.2, 0.25) is 0 Å². The summed E-state index contributed by atoms with van der Waals surface area (Å²) in [6.07, 6.45) is 6.59. The van der Waals surface area contributed by atoms with Crippen LogP contribution in [0.5, 0.6) is 5.75 Å². The Bertz CT molecular complexity index is 1540. The second-order valence-corrected chi connectivity index (χ2v) is 10.6. The number of likely N-dealkylation sites (N-methyl/N-ethyl adjacent to an activating group) is 1. The molecule has 2 aromatic heterocycles. The molecule has 8 nitrogen and oxygen atoms in total. The van der Waals surface area contributed by atoms with Gasteiger partial charge in [0.25, 0.3) is 0 Å². The van der Waals surface area contributed by atoms with E-state index in [-0.39, 0.29) is 19.1 Å². The fraction of sp³-hybridized carbons (Fsp3) is 0.452. The molecule has 0 saturated carbocycles. The van der Waals surface area contributed by atoms with Gasteiger partial charge in [0.15, 0.2) is 11.6 Å². The van der Waals surface area contributed by atoms with E-state index in [2.05, 4.69) is 32.6 Å². The van der Waals surface area contributed by atoms with E-state index in [1.165, 1.54) is 5.56 Å². The molecule has 0 aliphatic rings. The number of hydrogen-bond donors (Lipinski definition) is 2. The van der Waals surface area contributed by atoms with Crippen LogP contribution >= 0.6 is 0 Å². The molecule has 4 rings (SSSR count). The van der Waals surface area contributed by atoms with Crippen LogP contribution in [-0.4, -0.2) is 59.2 Å². The van der Waals surface area contributed by atoms with Crippen molar-refractivity contribution in [3.05, 3.63) is 58.9 Å². The highest BCUT2D eigenvalue weighted by Gasteiger charge is 2.23. The van der Waals surface area contributed by atoms with Crippen LogP contribution < -0.4 is 10.5 Å². The summed E-state index contributed by atoms with van der Waals surface area (Å²) >= 11 is 0. The van der Waals surface area contributed by atoms with Crippen molar-refractivity contribution in [2.75, 3.05) is 39.1 Å². The lowest BCUT2D eigenvalue weighted by atomic mass is 10.0. The smallest absolute Gasteiger partial charge is 0.313 e. The van der Waals surface area contributed by atoms with Crippen molar-refractivity contribution < 1.29 is 31.8 Å². The van der Waals surface area contributed by atoms with Crippen molar-refractivity contribution in [1.82, 2.24) is 19.9 Å². The number of aromatic amines is 1. The van der Waals surface area contributed by atoms with Gasteiger partial charge in [0, 0.05) is 24.4 Å². The number of rotatable bonds is 16. The van der Waals surface area contributed by atoms with E-state index >= 15 is 0 Å². The Hall–Kier alpha value is -3.77. The number of benzene rings is 2. The maximum atomic E-state index is 13.6. The molecule has 232 valence electrons. The van der Waals surface area contributed by atoms with E-state index in [1.807, 2.05) is 19.2 Å². The quantitative estimate of drug-likeness (QED) is 0.0513. The number of esters is 1. The molecule has 0 saturated heterocycles. The molecule has 0 spiro atoms. The molecule has 3 N–H and O–H groups in total. The molecule has 43 heavy (non-hydrogen) atoms. The largest absolute Gasteiger partial charge is 0.420 e. The van der Waals surface area contributed by atoms with E-state index in [0.29, 0.717) is 19.0 Å². The zero-order valence-corrected chi connectivity index (χ0v) is 24.5. The summed E-state index contributed by atoms with van der Waals surface area (Å²) in [5, 5.41) is 1.06. The van der Waals surface area contributed by atoms with Crippen molar-refractivity contribution >= 4 is 33.7 Å². The number of nitrogens with one attached hydrogen (secondary N) is 1. The minimum absolute atomic E-state index is 0.0445. The van der Waals surface area contributed by atoms with Gasteiger partial charge < -0.3 is 25.1 Å². The number of H-pyrrole nitrogens is 1. The van der Waals surface area contributed by atoms with Gasteiger partial charge in [0.2, 0.25) is 17.4 Å². The van der Waals surface area contributed by atoms with Gasteiger partial charge >= 0.3 is 5.97 Å². The number of ether oxygens (including phenoxy) is 2. The lowest BCUT2D eigenvalue weighted by Crippen LogP contribution is -2.25. The summed E-state index contributed by atoms with van der Waals surface area (Å²) in [5.74, 6) is -7.88. The number of halogens is 4. The number of carbonyl (C=O) groups is 1. The van der Waals surface area contributed by atoms with Crippen molar-refractivity contribution in [2.45, 2.75) is 58.3 Å². The van der Waals surface area contributed by atoms with Crippen LogP contribution in [0.1, 0.15) is 56.8 Å². The minimum atomic E-state index is -1.76. The Morgan fingerprint density at radius 3 is 2.49 bits per heavy atom. The predicted molar refractivity (Wildman–Crippen MR) is 157 cm³/mol. The Morgan fingerprint density at radius 2 is 1.74 bits per heavy atom. The number of aromatic nitrogens is 3. The molecule has 0 fully saturated rings. The molecule has 0 radical (unpaired) electrons. The summed E-state index contributed by atoms with van der Waals surface area (Å²) in [6, 6.07) is 6.15. The first kappa shape index (κ1) is 32.2. The summed E-state index contributed by atoms with van der Waals surface area (Å²) in [5.41, 5.74) is 9.98. The van der Waals surface area contributed by atoms with E-state index in [9.17, 15) is 22.4 Å². The van der Waals surface area contributed by atoms with E-state index in [1.54, 1.807) is 0 Å². The molecule has 0 unspecified atom stereocenters. The summed E-state index contributed by atoms with van der Waals surface area (Å²) in [6.45, 7) is 3.88. The number of nitrogens with zero attached hydrogens (tertiary/aromatic N) is 3. The van der Waals surface area contributed by atoms with Crippen molar-refractivity contribution in [1.29, 1.82) is 0 Å². The van der Waals surface area contributed by atoms with Gasteiger partial charge in [-0.3, -0.25) is 4.79 Å². The number of nitrogen functional groups attached to an aromatic ring is 1. The lowest BCUT2D eigenvalue weighted by molar-refractivity contribution is -0.136. The van der Waals surface area contributed by atoms with Crippen molar-refractivity contribution in [2.24, 2.45) is 0 Å². The second-order valence-electron chi connectivity index (χ2n) is 10.6. The first-order chi connectivity index (χ1) is 20.7. The van der Waals surface area contributed by atoms with Crippen LogP contribution in [0.3, 0.4) is 0 Å². The van der Waals surface area contributed by atoms with Crippen LogP contribution in [0.15, 0.2) is 24.3 Å². The minimum Gasteiger partial charge on any atom is -0.420 e. The first-order valence-electron chi connectivity index (χ1n) is 14.5. The number of imidazole rings is 1. The normalized spacial score (nSPS) is 11.7. The van der Waals surface area contributed by atoms with Crippen molar-refractivity contribution in [3.63, 3.8) is 0 Å². The lowest BCUT2D eigenvalue weighted by Gasteiger charge is -2.16. The molecule has 12 heteroatoms. The van der Waals surface area contributed by atoms with Crippen molar-refractivity contribution in [3.8, 4) is 5.75 Å². The van der Waals surface area contributed by atoms with E-state index in [4.69, 9.17) is 15.5 Å². The average Bonchev–Trinajstić information content (AvgIpc) is 3.42. The highest BCUT2D eigenvalue weighted by atomic mass is 19.2. The third-order valence-electron chi connectivity index (χ3n) is 7.22. The predicted octanol–water partition coefficient (Wildman–Crippen LogP) is 6.25. The van der Waals surface area contributed by atoms with E-state index in [0.717, 1.165) is 79.3 Å². The number of carbonyl (C=O) groups excluding carboxylic acids is 1. The topological polar surface area (TPSA) is 106 Å². The number of pyridine rings is 1. The third-order valence-corrected chi connectivity index (χ3v) is 7.22. The van der Waals surface area contributed by atoms with Crippen LogP contribution in [-0.2, 0) is 22.4 Å². The Balaban J connectivity index is 1.16. The third kappa shape index (κ3) is 8.20. The number of hydrogen-bond acceptors (Lipinski definition) is 7. The Kier molecular flexibility index (Phi) is 11.3. The second kappa shape index (κ2) is 15.1. The van der Waals surface area contributed by atoms with Crippen LogP contribution in [0.25, 0.3) is 21.9 Å². The maximum Gasteiger partial charge on any atom is 0.313 e. The molecular weight excluding hydrogens is 566 g/mol. The molecule has 2 aromatic carbocycles. The molecule has 0 amide bonds. The maximum absolute atomic E-state index is 13.6. The number of nitrogens with two attached hydrogens (primary N) is 1. The molecular formula is C31H37F4N5O3. The van der Waals surface area contributed by atoms with Gasteiger partial charge in [0.05, 0.1) is 25.2 Å². The number of aryl methyl sites for hydroxylation is 2. The zero-order chi connectivity index (χ0) is 30.9. The Morgan fingerprint density at radius 1 is 0.977 bits per heavy atom. The monoisotopic (exact) mass is 603 g/mol. The molecule has 2 heterocycles. The molecule has 0 atom stereocenters. The highest BCUT2D eigenvalue weighted by Crippen LogP contribution is 2.30. The van der Waals surface area contributed by atoms with Crippen LogP contribution in [0.4, 0.5) is 23.4 Å². The standard InChI is InChI=1S/C31H37F4N5O3/c1-3-4-12-23-38-28-25-19(10-8-11-22(25)37-31(36)29(28)39-23)9-6-5-7-14-40(2)15-17-42-16-13-24(41)43-30-26(34)20(32)18-21(33)27(30)35/h8,10-11,18H,3-7,9,12-17H2,1-2H3,(H2,36,37)(H,38,39). The van der Waals surface area contributed by atoms with Gasteiger partial charge in [-0.05, 0) is 50.9 Å².